The van der Waals surface area contributed by atoms with Crippen LogP contribution in [0.25, 0.3) is 0 Å². The molecule has 0 saturated carbocycles. The van der Waals surface area contributed by atoms with Crippen molar-refractivity contribution in [2.24, 2.45) is 0 Å². The van der Waals surface area contributed by atoms with E-state index in [9.17, 15) is 0 Å². The Bertz CT molecular complexity index is 264. The van der Waals surface area contributed by atoms with Gasteiger partial charge in [0, 0.05) is 6.04 Å². The van der Waals surface area contributed by atoms with E-state index in [0.717, 1.165) is 18.9 Å². The zero-order valence-corrected chi connectivity index (χ0v) is 7.92. The molecular formula is C11H15NO. The first kappa shape index (κ1) is 8.57. The van der Waals surface area contributed by atoms with E-state index in [4.69, 9.17) is 4.74 Å². The molecule has 13 heavy (non-hydrogen) atoms. The molecule has 1 unspecified atom stereocenters. The van der Waals surface area contributed by atoms with E-state index in [-0.39, 0.29) is 0 Å². The van der Waals surface area contributed by atoms with Crippen molar-refractivity contribution in [2.75, 3.05) is 13.2 Å². The lowest BCUT2D eigenvalue weighted by molar-refractivity contribution is 0.339. The van der Waals surface area contributed by atoms with Gasteiger partial charge in [-0.05, 0) is 37.6 Å². The lowest BCUT2D eigenvalue weighted by atomic mass is 9.98. The van der Waals surface area contributed by atoms with Crippen molar-refractivity contribution in [1.82, 2.24) is 5.32 Å². The second-order valence-electron chi connectivity index (χ2n) is 3.30. The van der Waals surface area contributed by atoms with Crippen molar-refractivity contribution in [3.63, 3.8) is 0 Å². The molecule has 1 heterocycles. The van der Waals surface area contributed by atoms with Crippen LogP contribution in [-0.4, -0.2) is 13.2 Å². The molecule has 1 aromatic rings. The van der Waals surface area contributed by atoms with Crippen LogP contribution in [0.5, 0.6) is 5.75 Å². The summed E-state index contributed by atoms with van der Waals surface area (Å²) in [5.74, 6) is 0.963. The fourth-order valence-corrected chi connectivity index (χ4v) is 1.54. The normalized spacial score (nSPS) is 20.8. The fourth-order valence-electron chi connectivity index (χ4n) is 1.54. The molecule has 0 aliphatic carbocycles. The smallest absolute Gasteiger partial charge is 0.119 e. The maximum atomic E-state index is 5.37. The quantitative estimate of drug-likeness (QED) is 0.763. The molecule has 70 valence electrons. The molecule has 2 nitrogen and oxygen atoms in total. The van der Waals surface area contributed by atoms with Gasteiger partial charge in [-0.3, -0.25) is 0 Å². The highest BCUT2D eigenvalue weighted by Gasteiger charge is 2.17. The molecule has 0 bridgehead atoms. The summed E-state index contributed by atoms with van der Waals surface area (Å²) in [6.07, 6.45) is 1.26. The van der Waals surface area contributed by atoms with E-state index in [1.54, 1.807) is 0 Å². The Morgan fingerprint density at radius 2 is 2.08 bits per heavy atom. The van der Waals surface area contributed by atoms with Crippen LogP contribution >= 0.6 is 0 Å². The van der Waals surface area contributed by atoms with Gasteiger partial charge in [0.2, 0.25) is 0 Å². The highest BCUT2D eigenvalue weighted by atomic mass is 16.5. The molecule has 1 fully saturated rings. The van der Waals surface area contributed by atoms with Gasteiger partial charge < -0.3 is 10.1 Å². The molecule has 0 aromatic heterocycles. The lowest BCUT2D eigenvalue weighted by Gasteiger charge is -2.28. The van der Waals surface area contributed by atoms with Crippen molar-refractivity contribution in [3.8, 4) is 5.75 Å². The molecule has 1 aliphatic rings. The summed E-state index contributed by atoms with van der Waals surface area (Å²) in [5.41, 5.74) is 1.37. The summed E-state index contributed by atoms with van der Waals surface area (Å²) in [6, 6.07) is 8.94. The number of hydrogen-bond donors (Lipinski definition) is 1. The van der Waals surface area contributed by atoms with Gasteiger partial charge >= 0.3 is 0 Å². The average molecular weight is 177 g/mol. The average Bonchev–Trinajstić information content (AvgIpc) is 2.06. The Labute approximate surface area is 78.9 Å². The van der Waals surface area contributed by atoms with E-state index in [1.807, 2.05) is 19.1 Å². The SMILES string of the molecule is CCOc1ccc(C2CCN2)cc1. The summed E-state index contributed by atoms with van der Waals surface area (Å²) >= 11 is 0. The predicted molar refractivity (Wildman–Crippen MR) is 53.0 cm³/mol. The van der Waals surface area contributed by atoms with Crippen molar-refractivity contribution >= 4 is 0 Å². The molecule has 2 heteroatoms. The standard InChI is InChI=1S/C11H15NO/c1-2-13-10-5-3-9(4-6-10)11-7-8-12-11/h3-6,11-12H,2,7-8H2,1H3. The summed E-state index contributed by atoms with van der Waals surface area (Å²) in [6.45, 7) is 3.89. The predicted octanol–water partition coefficient (Wildman–Crippen LogP) is 2.12. The Morgan fingerprint density at radius 1 is 1.38 bits per heavy atom. The van der Waals surface area contributed by atoms with Gasteiger partial charge in [-0.1, -0.05) is 12.1 Å². The fraction of sp³-hybridized carbons (Fsp3) is 0.455. The van der Waals surface area contributed by atoms with Crippen LogP contribution in [0, 0.1) is 0 Å². The zero-order valence-electron chi connectivity index (χ0n) is 7.92. The minimum atomic E-state index is 0.579. The molecule has 1 saturated heterocycles. The number of ether oxygens (including phenoxy) is 1. The van der Waals surface area contributed by atoms with Gasteiger partial charge in [-0.15, -0.1) is 0 Å². The highest BCUT2D eigenvalue weighted by Crippen LogP contribution is 2.24. The number of hydrogen-bond acceptors (Lipinski definition) is 2. The summed E-state index contributed by atoms with van der Waals surface area (Å²) in [4.78, 5) is 0. The highest BCUT2D eigenvalue weighted by molar-refractivity contribution is 5.29. The van der Waals surface area contributed by atoms with E-state index in [2.05, 4.69) is 17.4 Å². The second-order valence-corrected chi connectivity index (χ2v) is 3.30. The van der Waals surface area contributed by atoms with Crippen LogP contribution in [0.15, 0.2) is 24.3 Å². The molecule has 0 amide bonds. The van der Waals surface area contributed by atoms with Crippen LogP contribution in [0.4, 0.5) is 0 Å². The molecule has 1 aliphatic heterocycles. The Balaban J connectivity index is 2.04. The van der Waals surface area contributed by atoms with E-state index >= 15 is 0 Å². The van der Waals surface area contributed by atoms with Crippen molar-refractivity contribution < 1.29 is 4.74 Å². The summed E-state index contributed by atoms with van der Waals surface area (Å²) in [5, 5.41) is 3.37. The lowest BCUT2D eigenvalue weighted by Crippen LogP contribution is -2.34. The maximum Gasteiger partial charge on any atom is 0.119 e. The molecule has 0 radical (unpaired) electrons. The van der Waals surface area contributed by atoms with Crippen LogP contribution in [0.2, 0.25) is 0 Å². The summed E-state index contributed by atoms with van der Waals surface area (Å²) < 4.78 is 5.37. The third-order valence-electron chi connectivity index (χ3n) is 2.42. The van der Waals surface area contributed by atoms with Crippen molar-refractivity contribution in [1.29, 1.82) is 0 Å². The number of nitrogens with one attached hydrogen (secondary N) is 1. The zero-order chi connectivity index (χ0) is 9.10. The molecular weight excluding hydrogens is 162 g/mol. The van der Waals surface area contributed by atoms with Gasteiger partial charge in [-0.2, -0.15) is 0 Å². The van der Waals surface area contributed by atoms with E-state index in [0.29, 0.717) is 6.04 Å². The van der Waals surface area contributed by atoms with Crippen LogP contribution in [-0.2, 0) is 0 Å². The van der Waals surface area contributed by atoms with Gasteiger partial charge in [0.25, 0.3) is 0 Å². The van der Waals surface area contributed by atoms with E-state index < -0.39 is 0 Å². The van der Waals surface area contributed by atoms with Crippen LogP contribution in [0.1, 0.15) is 24.9 Å². The first-order valence-electron chi connectivity index (χ1n) is 4.86. The van der Waals surface area contributed by atoms with Gasteiger partial charge in [-0.25, -0.2) is 0 Å². The van der Waals surface area contributed by atoms with Crippen LogP contribution in [0.3, 0.4) is 0 Å². The number of rotatable bonds is 3. The van der Waals surface area contributed by atoms with Crippen molar-refractivity contribution in [2.45, 2.75) is 19.4 Å². The third kappa shape index (κ3) is 1.83. The van der Waals surface area contributed by atoms with Crippen LogP contribution < -0.4 is 10.1 Å². The molecule has 1 N–H and O–H groups in total. The monoisotopic (exact) mass is 177 g/mol. The topological polar surface area (TPSA) is 21.3 Å². The molecule has 2 rings (SSSR count). The van der Waals surface area contributed by atoms with E-state index in [1.165, 1.54) is 12.0 Å². The number of benzene rings is 1. The molecule has 0 spiro atoms. The Kier molecular flexibility index (Phi) is 2.50. The third-order valence-corrected chi connectivity index (χ3v) is 2.42. The summed E-state index contributed by atoms with van der Waals surface area (Å²) in [7, 11) is 0. The Morgan fingerprint density at radius 3 is 2.54 bits per heavy atom. The first-order valence-corrected chi connectivity index (χ1v) is 4.86. The van der Waals surface area contributed by atoms with Crippen molar-refractivity contribution in [3.05, 3.63) is 29.8 Å². The largest absolute Gasteiger partial charge is 0.494 e. The minimum Gasteiger partial charge on any atom is -0.494 e. The molecule has 1 aromatic carbocycles. The Hall–Kier alpha value is -1.02. The van der Waals surface area contributed by atoms with Gasteiger partial charge in [0.1, 0.15) is 5.75 Å². The molecule has 1 atom stereocenters. The minimum absolute atomic E-state index is 0.579. The first-order chi connectivity index (χ1) is 6.40. The second kappa shape index (κ2) is 3.79. The van der Waals surface area contributed by atoms with Gasteiger partial charge in [0.15, 0.2) is 0 Å². The van der Waals surface area contributed by atoms with Gasteiger partial charge in [0.05, 0.1) is 6.61 Å². The maximum absolute atomic E-state index is 5.37.